The number of aryl methyl sites for hydroxylation is 1. The second-order valence-corrected chi connectivity index (χ2v) is 11.1. The number of rotatable bonds is 4. The van der Waals surface area contributed by atoms with Crippen LogP contribution >= 0.6 is 11.3 Å². The second kappa shape index (κ2) is 9.79. The fourth-order valence-electron chi connectivity index (χ4n) is 5.68. The molecule has 4 heterocycles. The predicted molar refractivity (Wildman–Crippen MR) is 139 cm³/mol. The summed E-state index contributed by atoms with van der Waals surface area (Å²) in [4.78, 5) is 59.5. The molecule has 3 aliphatic rings. The first-order chi connectivity index (χ1) is 18.4. The molecule has 0 atom stereocenters. The smallest absolute Gasteiger partial charge is 0.287 e. The number of hydrogen-bond acceptors (Lipinski definition) is 9. The van der Waals surface area contributed by atoms with Gasteiger partial charge in [0.15, 0.2) is 5.79 Å². The molecular weight excluding hydrogens is 563 g/mol. The molecule has 2 aromatic heterocycles. The number of anilines is 1. The van der Waals surface area contributed by atoms with Crippen LogP contribution in [0.15, 0.2) is 32.6 Å². The first kappa shape index (κ1) is 26.1. The minimum Gasteiger partial charge on any atom is -0.385 e. The van der Waals surface area contributed by atoms with Crippen LogP contribution < -0.4 is 26.6 Å². The average molecular weight is 587 g/mol. The molecule has 0 unspecified atom stereocenters. The van der Waals surface area contributed by atoms with Crippen molar-refractivity contribution in [3.63, 3.8) is 0 Å². The Hall–Kier alpha value is -3.15. The monoisotopic (exact) mass is 586 g/mol. The third kappa shape index (κ3) is 4.46. The number of fused-ring (bicyclic) bond motifs is 4. The topological polar surface area (TPSA) is 131 Å². The van der Waals surface area contributed by atoms with E-state index in [1.54, 1.807) is 0 Å². The maximum Gasteiger partial charge on any atom is 0.287 e. The Kier molecular flexibility index (Phi) is 6.55. The molecule has 1 fully saturated rings. The summed E-state index contributed by atoms with van der Waals surface area (Å²) in [5.41, 5.74) is 3.03. The Morgan fingerprint density at radius 3 is 2.77 bits per heavy atom. The van der Waals surface area contributed by atoms with E-state index in [9.17, 15) is 19.2 Å². The molecule has 0 bridgehead atoms. The number of benzene rings is 1. The van der Waals surface area contributed by atoms with Gasteiger partial charge in [0.2, 0.25) is 5.82 Å². The number of aromatic amines is 1. The maximum absolute atomic E-state index is 13.0. The fourth-order valence-corrected chi connectivity index (χ4v) is 6.99. The molecule has 2 aromatic carbocycles. The predicted octanol–water partition coefficient (Wildman–Crippen LogP) is 1.10. The number of ether oxygens (including phenoxy) is 2. The number of thiophene rings is 1. The molecule has 4 aromatic rings. The molecule has 1 aliphatic carbocycles. The van der Waals surface area contributed by atoms with Crippen LogP contribution in [0.3, 0.4) is 0 Å². The zero-order valence-electron chi connectivity index (χ0n) is 20.7. The van der Waals surface area contributed by atoms with Crippen LogP contribution in [-0.2, 0) is 58.9 Å². The van der Waals surface area contributed by atoms with Gasteiger partial charge < -0.3 is 34.3 Å². The van der Waals surface area contributed by atoms with E-state index in [-0.39, 0.29) is 35.0 Å². The molecule has 12 heteroatoms. The number of hydrogen-bond donors (Lipinski definition) is 2. The molecule has 0 saturated carbocycles. The zero-order chi connectivity index (χ0) is 26.0. The Labute approximate surface area is 236 Å². The summed E-state index contributed by atoms with van der Waals surface area (Å²) in [6, 6.07) is 8.52. The van der Waals surface area contributed by atoms with Gasteiger partial charge in [-0.05, 0) is 40.8 Å². The van der Waals surface area contributed by atoms with E-state index >= 15 is 0 Å². The molecule has 39 heavy (non-hydrogen) atoms. The van der Waals surface area contributed by atoms with Gasteiger partial charge in [-0.25, -0.2) is 4.98 Å². The van der Waals surface area contributed by atoms with E-state index in [0.717, 1.165) is 28.0 Å². The van der Waals surface area contributed by atoms with E-state index in [4.69, 9.17) is 9.47 Å². The number of carbonyl (C=O) groups excluding carboxylic acids is 1. The van der Waals surface area contributed by atoms with Gasteiger partial charge >= 0.3 is 0 Å². The molecule has 1 spiro atoms. The normalized spacial score (nSPS) is 17.7. The number of amides is 1. The second-order valence-electron chi connectivity index (χ2n) is 9.97. The average Bonchev–Trinajstić information content (AvgIpc) is 3.53. The molecule has 10 nitrogen and oxygen atoms in total. The Morgan fingerprint density at radius 1 is 1.18 bits per heavy atom. The molecule has 1 amide bonds. The number of nitrogens with zero attached hydrogens (tertiary/aromatic N) is 2. The summed E-state index contributed by atoms with van der Waals surface area (Å²) < 4.78 is 11.7. The van der Waals surface area contributed by atoms with E-state index in [0.29, 0.717) is 61.5 Å². The largest absolute Gasteiger partial charge is 0.385 e. The van der Waals surface area contributed by atoms with Crippen molar-refractivity contribution in [2.24, 2.45) is 0 Å². The number of H-pyrrole nitrogens is 1. The van der Waals surface area contributed by atoms with E-state index in [2.05, 4.69) is 21.4 Å². The van der Waals surface area contributed by atoms with E-state index < -0.39 is 22.6 Å². The number of aromatic nitrogens is 2. The Balaban J connectivity index is 0.00000277. The number of carbonyl (C=O) groups is 1. The summed E-state index contributed by atoms with van der Waals surface area (Å²) >= 11 is 1.42. The SMILES string of the molecule is O=C(NCc1ccc2c(c1)CN(c1[c-]c(=O)c1=O)CC2)c1nc2sc3c(c2c(=O)[nH]1)CCC1(C3)OCCO1.[Mn]. The van der Waals surface area contributed by atoms with Gasteiger partial charge in [0.1, 0.15) is 15.7 Å². The molecular formula is C27H23MnN4O6S-. The van der Waals surface area contributed by atoms with Crippen LogP contribution in [-0.4, -0.2) is 41.4 Å². The molecule has 2 aliphatic heterocycles. The van der Waals surface area contributed by atoms with Crippen molar-refractivity contribution in [2.75, 3.05) is 24.7 Å². The van der Waals surface area contributed by atoms with Gasteiger partial charge in [-0.2, -0.15) is 0 Å². The quantitative estimate of drug-likeness (QED) is 0.207. The van der Waals surface area contributed by atoms with E-state index in [1.165, 1.54) is 16.9 Å². The van der Waals surface area contributed by atoms with Crippen LogP contribution in [0.4, 0.5) is 5.69 Å². The molecule has 1 saturated heterocycles. The van der Waals surface area contributed by atoms with Gasteiger partial charge in [0.25, 0.3) is 11.5 Å². The number of nitrogens with one attached hydrogen (secondary N) is 2. The summed E-state index contributed by atoms with van der Waals surface area (Å²) in [5, 5.41) is 3.40. The standard InChI is InChI=1S/C27H23N4O6S.Mn/c32-19-10-18(22(19)33)31-6-4-15-2-1-14(9-16(15)13-31)12-28-25(35)23-29-24(34)21-17-3-5-27(36-7-8-37-27)11-20(17)38-26(21)30-23;/h1-2,9H,3-8,11-13H2,(H,28,35)(H,29,30,34);/q-1;. The molecule has 7 rings (SSSR count). The van der Waals surface area contributed by atoms with Crippen molar-refractivity contribution in [1.82, 2.24) is 15.3 Å². The van der Waals surface area contributed by atoms with Crippen LogP contribution in [0.5, 0.6) is 0 Å². The first-order valence-corrected chi connectivity index (χ1v) is 13.4. The third-order valence-corrected chi connectivity index (χ3v) is 8.79. The van der Waals surface area contributed by atoms with Crippen molar-refractivity contribution in [2.45, 2.75) is 44.6 Å². The summed E-state index contributed by atoms with van der Waals surface area (Å²) in [7, 11) is 0. The van der Waals surface area contributed by atoms with Crippen molar-refractivity contribution in [3.8, 4) is 0 Å². The van der Waals surface area contributed by atoms with Gasteiger partial charge in [0.05, 0.1) is 18.6 Å². The van der Waals surface area contributed by atoms with Crippen molar-refractivity contribution < 1.29 is 31.3 Å². The van der Waals surface area contributed by atoms with Crippen molar-refractivity contribution in [1.29, 1.82) is 0 Å². The van der Waals surface area contributed by atoms with Crippen molar-refractivity contribution in [3.05, 3.63) is 88.0 Å². The van der Waals surface area contributed by atoms with Crippen LogP contribution in [0, 0.1) is 6.07 Å². The van der Waals surface area contributed by atoms with Crippen LogP contribution in [0.1, 0.15) is 44.2 Å². The van der Waals surface area contributed by atoms with Gasteiger partial charge in [-0.1, -0.05) is 18.2 Å². The molecule has 201 valence electrons. The summed E-state index contributed by atoms with van der Waals surface area (Å²) in [6.07, 6.45) is 2.70. The minimum atomic E-state index is -0.604. The van der Waals surface area contributed by atoms with Gasteiger partial charge in [-0.15, -0.1) is 17.4 Å². The zero-order valence-corrected chi connectivity index (χ0v) is 22.7. The Bertz CT molecular complexity index is 1750. The third-order valence-electron chi connectivity index (χ3n) is 7.66. The molecule has 1 radical (unpaired) electrons. The van der Waals surface area contributed by atoms with Crippen molar-refractivity contribution >= 4 is 33.1 Å². The van der Waals surface area contributed by atoms with E-state index in [1.807, 2.05) is 23.1 Å². The van der Waals surface area contributed by atoms with Crippen LogP contribution in [0.2, 0.25) is 0 Å². The Morgan fingerprint density at radius 2 is 2.00 bits per heavy atom. The van der Waals surface area contributed by atoms with Gasteiger partial charge in [0, 0.05) is 54.4 Å². The minimum absolute atomic E-state index is 0. The first-order valence-electron chi connectivity index (χ1n) is 12.6. The fraction of sp³-hybridized carbons (Fsp3) is 0.370. The maximum atomic E-state index is 13.0. The van der Waals surface area contributed by atoms with Gasteiger partial charge in [-0.3, -0.25) is 9.59 Å². The van der Waals surface area contributed by atoms with Crippen LogP contribution in [0.25, 0.3) is 10.2 Å². The summed E-state index contributed by atoms with van der Waals surface area (Å²) in [6.45, 7) is 2.55. The summed E-state index contributed by atoms with van der Waals surface area (Å²) in [5.74, 6) is -1.09. The molecule has 2 N–H and O–H groups in total.